The van der Waals surface area contributed by atoms with Crippen LogP contribution in [0.2, 0.25) is 0 Å². The Balaban J connectivity index is 1.63. The Morgan fingerprint density at radius 1 is 1.16 bits per heavy atom. The van der Waals surface area contributed by atoms with E-state index in [0.717, 1.165) is 11.8 Å². The van der Waals surface area contributed by atoms with E-state index in [2.05, 4.69) is 0 Å². The lowest BCUT2D eigenvalue weighted by Gasteiger charge is -2.36. The molecule has 1 amide bonds. The van der Waals surface area contributed by atoms with Gasteiger partial charge in [0.2, 0.25) is 0 Å². The van der Waals surface area contributed by atoms with Gasteiger partial charge >= 0.3 is 5.97 Å². The van der Waals surface area contributed by atoms with Crippen molar-refractivity contribution in [3.63, 3.8) is 0 Å². The maximum atomic E-state index is 14.1. The minimum atomic E-state index is -0.475. The van der Waals surface area contributed by atoms with E-state index in [-0.39, 0.29) is 51.1 Å². The monoisotopic (exact) mass is 646 g/mol. The van der Waals surface area contributed by atoms with Gasteiger partial charge in [-0.2, -0.15) is 5.26 Å². The molecule has 0 bridgehead atoms. The number of amides is 1. The average molecular weight is 647 g/mol. The third-order valence-corrected chi connectivity index (χ3v) is 9.62. The molecule has 11 nitrogen and oxygen atoms in total. The molecule has 0 radical (unpaired) electrons. The third kappa shape index (κ3) is 5.53. The number of hydrogen-bond acceptors (Lipinski definition) is 9. The summed E-state index contributed by atoms with van der Waals surface area (Å²) in [7, 11) is 1.75. The average Bonchev–Trinajstić information content (AvgIpc) is 3.42. The number of nitriles is 1. The molecule has 1 unspecified atom stereocenters. The molecule has 234 valence electrons. The molecule has 13 heteroatoms. The standard InChI is InChI=1S/C32H34N6O5S2/c1-6-36-27(35-15-11-12-21(18-35)31(42)43-7-2)23(19(3)24(17-33)28(36)39)16-25-29(40)37(32(44)45-25)26-20(4)34(5)38(30(26)41)22-13-9-8-10-14-22/h8-10,13-14,16,21H,6-7,11-12,15,18H2,1-5H3. The molecule has 0 aliphatic carbocycles. The zero-order chi connectivity index (χ0) is 32.6. The zero-order valence-electron chi connectivity index (χ0n) is 25.8. The minimum Gasteiger partial charge on any atom is -0.466 e. The fraction of sp³-hybridized carbons (Fsp3) is 0.375. The topological polar surface area (TPSA) is 123 Å². The molecule has 2 aliphatic heterocycles. The number of benzene rings is 1. The van der Waals surface area contributed by atoms with E-state index in [1.807, 2.05) is 48.2 Å². The summed E-state index contributed by atoms with van der Waals surface area (Å²) < 4.78 is 10.2. The van der Waals surface area contributed by atoms with Crippen molar-refractivity contribution in [3.8, 4) is 11.8 Å². The smallest absolute Gasteiger partial charge is 0.310 e. The third-order valence-electron chi connectivity index (χ3n) is 8.32. The van der Waals surface area contributed by atoms with Crippen molar-refractivity contribution in [1.29, 1.82) is 5.26 Å². The van der Waals surface area contributed by atoms with Gasteiger partial charge in [0.15, 0.2) is 4.32 Å². The van der Waals surface area contributed by atoms with Crippen LogP contribution in [0, 0.1) is 31.1 Å². The number of thioether (sulfide) groups is 1. The molecule has 0 N–H and O–H groups in total. The van der Waals surface area contributed by atoms with Crippen molar-refractivity contribution >= 4 is 57.8 Å². The van der Waals surface area contributed by atoms with Crippen LogP contribution in [0.3, 0.4) is 0 Å². The summed E-state index contributed by atoms with van der Waals surface area (Å²) >= 11 is 6.72. The summed E-state index contributed by atoms with van der Waals surface area (Å²) in [4.78, 5) is 57.4. The maximum absolute atomic E-state index is 14.1. The fourth-order valence-corrected chi connectivity index (χ4v) is 7.26. The van der Waals surface area contributed by atoms with Gasteiger partial charge in [-0.05, 0) is 64.3 Å². The second kappa shape index (κ2) is 12.9. The zero-order valence-corrected chi connectivity index (χ0v) is 27.5. The molecule has 45 heavy (non-hydrogen) atoms. The number of aromatic nitrogens is 3. The Hall–Kier alpha value is -4.41. The number of rotatable bonds is 7. The van der Waals surface area contributed by atoms with Gasteiger partial charge in [-0.25, -0.2) is 4.68 Å². The van der Waals surface area contributed by atoms with E-state index < -0.39 is 11.5 Å². The number of thiocarbonyl (C=S) groups is 1. The van der Waals surface area contributed by atoms with Gasteiger partial charge < -0.3 is 9.64 Å². The first-order valence-corrected chi connectivity index (χ1v) is 16.0. The molecule has 5 rings (SSSR count). The molecule has 2 fully saturated rings. The van der Waals surface area contributed by atoms with Crippen molar-refractivity contribution in [2.24, 2.45) is 13.0 Å². The molecule has 0 saturated carbocycles. The Labute approximate surface area is 270 Å². The number of nitrogens with zero attached hydrogens (tertiary/aromatic N) is 6. The molecule has 2 aromatic heterocycles. The van der Waals surface area contributed by atoms with Crippen LogP contribution in [0.5, 0.6) is 0 Å². The van der Waals surface area contributed by atoms with Gasteiger partial charge in [0.1, 0.15) is 23.1 Å². The quantitative estimate of drug-likeness (QED) is 0.213. The highest BCUT2D eigenvalue weighted by molar-refractivity contribution is 8.27. The Morgan fingerprint density at radius 3 is 2.51 bits per heavy atom. The van der Waals surface area contributed by atoms with Crippen LogP contribution in [0.25, 0.3) is 11.8 Å². The van der Waals surface area contributed by atoms with Crippen LogP contribution in [0.15, 0.2) is 44.8 Å². The second-order valence-corrected chi connectivity index (χ2v) is 12.5. The first-order valence-electron chi connectivity index (χ1n) is 14.8. The van der Waals surface area contributed by atoms with Gasteiger partial charge in [0.05, 0.1) is 28.8 Å². The number of anilines is 2. The lowest BCUT2D eigenvalue weighted by atomic mass is 9.96. The SMILES string of the molecule is CCOC(=O)C1CCCN(c2c(C=C3SC(=S)N(c4c(C)n(C)n(-c5ccccc5)c4=O)C3=O)c(C)c(C#N)c(=O)n2CC)C1. The first kappa shape index (κ1) is 32.0. The van der Waals surface area contributed by atoms with Gasteiger partial charge in [-0.15, -0.1) is 0 Å². The van der Waals surface area contributed by atoms with Crippen LogP contribution in [0.4, 0.5) is 11.5 Å². The van der Waals surface area contributed by atoms with Gasteiger partial charge in [0.25, 0.3) is 17.0 Å². The number of ether oxygens (including phenoxy) is 1. The van der Waals surface area contributed by atoms with Crippen molar-refractivity contribution in [2.75, 3.05) is 29.5 Å². The van der Waals surface area contributed by atoms with E-state index in [4.69, 9.17) is 17.0 Å². The van der Waals surface area contributed by atoms with Crippen LogP contribution in [-0.2, 0) is 27.9 Å². The van der Waals surface area contributed by atoms with Crippen molar-refractivity contribution in [1.82, 2.24) is 13.9 Å². The molecular formula is C32H34N6O5S2. The summed E-state index contributed by atoms with van der Waals surface area (Å²) in [6.07, 6.45) is 3.01. The van der Waals surface area contributed by atoms with Crippen LogP contribution in [0.1, 0.15) is 49.1 Å². The molecule has 0 spiro atoms. The predicted octanol–water partition coefficient (Wildman–Crippen LogP) is 4.03. The molecule has 1 atom stereocenters. The number of hydrogen-bond donors (Lipinski definition) is 0. The van der Waals surface area contributed by atoms with E-state index in [1.54, 1.807) is 38.6 Å². The maximum Gasteiger partial charge on any atom is 0.310 e. The van der Waals surface area contributed by atoms with Crippen molar-refractivity contribution in [3.05, 3.63) is 78.3 Å². The lowest BCUT2D eigenvalue weighted by Crippen LogP contribution is -2.43. The summed E-state index contributed by atoms with van der Waals surface area (Å²) in [5.74, 6) is -0.619. The van der Waals surface area contributed by atoms with Gasteiger partial charge in [-0.3, -0.25) is 33.3 Å². The van der Waals surface area contributed by atoms with Crippen molar-refractivity contribution in [2.45, 2.75) is 47.1 Å². The summed E-state index contributed by atoms with van der Waals surface area (Å²) in [5.41, 5.74) is 1.46. The molecule has 2 saturated heterocycles. The highest BCUT2D eigenvalue weighted by Gasteiger charge is 2.39. The Kier molecular flexibility index (Phi) is 9.18. The number of piperidine rings is 1. The van der Waals surface area contributed by atoms with E-state index >= 15 is 0 Å². The number of carbonyl (C=O) groups excluding carboxylic acids is 2. The van der Waals surface area contributed by atoms with E-state index in [9.17, 15) is 24.4 Å². The second-order valence-electron chi connectivity index (χ2n) is 10.9. The molecule has 1 aromatic carbocycles. The van der Waals surface area contributed by atoms with Gasteiger partial charge in [0, 0.05) is 32.2 Å². The number of pyridine rings is 1. The largest absolute Gasteiger partial charge is 0.466 e. The van der Waals surface area contributed by atoms with Gasteiger partial charge in [-0.1, -0.05) is 42.2 Å². The van der Waals surface area contributed by atoms with Crippen LogP contribution < -0.4 is 20.9 Å². The molecule has 4 heterocycles. The molecule has 2 aliphatic rings. The number of carbonyl (C=O) groups is 2. The minimum absolute atomic E-state index is 0.0223. The fourth-order valence-electron chi connectivity index (χ4n) is 6.00. The highest BCUT2D eigenvalue weighted by Crippen LogP contribution is 2.39. The molecule has 3 aromatic rings. The normalized spacial score (nSPS) is 17.7. The van der Waals surface area contributed by atoms with E-state index in [0.29, 0.717) is 54.3 Å². The van der Waals surface area contributed by atoms with Crippen molar-refractivity contribution < 1.29 is 14.3 Å². The van der Waals surface area contributed by atoms with E-state index in [1.165, 1.54) is 14.1 Å². The first-order chi connectivity index (χ1) is 21.5. The lowest BCUT2D eigenvalue weighted by molar-refractivity contribution is -0.148. The van der Waals surface area contributed by atoms with Crippen LogP contribution >= 0.6 is 24.0 Å². The molecular weight excluding hydrogens is 613 g/mol. The summed E-state index contributed by atoms with van der Waals surface area (Å²) in [6.45, 7) is 8.46. The van der Waals surface area contributed by atoms with Crippen LogP contribution in [-0.4, -0.2) is 49.8 Å². The summed E-state index contributed by atoms with van der Waals surface area (Å²) in [6, 6.07) is 11.2. The number of esters is 1. The Morgan fingerprint density at radius 2 is 1.87 bits per heavy atom. The predicted molar refractivity (Wildman–Crippen MR) is 179 cm³/mol. The number of para-hydroxylation sites is 1. The highest BCUT2D eigenvalue weighted by atomic mass is 32.2. The summed E-state index contributed by atoms with van der Waals surface area (Å²) in [5, 5.41) is 9.95. The Bertz CT molecular complexity index is 1900.